The highest BCUT2D eigenvalue weighted by Crippen LogP contribution is 2.39. The van der Waals surface area contributed by atoms with Crippen LogP contribution >= 0.6 is 11.6 Å². The summed E-state index contributed by atoms with van der Waals surface area (Å²) in [6.07, 6.45) is 1.81. The lowest BCUT2D eigenvalue weighted by Gasteiger charge is -2.37. The van der Waals surface area contributed by atoms with E-state index < -0.39 is 21.7 Å². The van der Waals surface area contributed by atoms with Gasteiger partial charge in [-0.1, -0.05) is 23.7 Å². The molecule has 3 aromatic carbocycles. The first-order valence-corrected chi connectivity index (χ1v) is 13.7. The number of nitrogen functional groups attached to an aromatic ring is 1. The van der Waals surface area contributed by atoms with Crippen LogP contribution in [0.4, 0.5) is 21.5 Å². The van der Waals surface area contributed by atoms with Crippen molar-refractivity contribution in [1.82, 2.24) is 4.90 Å². The first-order chi connectivity index (χ1) is 17.7. The highest BCUT2D eigenvalue weighted by atomic mass is 35.5. The molecule has 1 saturated heterocycles. The second-order valence-corrected chi connectivity index (χ2v) is 11.4. The third-order valence-corrected chi connectivity index (χ3v) is 8.54. The molecular formula is C26H26ClFN4O4S. The van der Waals surface area contributed by atoms with Crippen molar-refractivity contribution in [2.24, 2.45) is 0 Å². The van der Waals surface area contributed by atoms with Crippen molar-refractivity contribution in [3.63, 3.8) is 0 Å². The van der Waals surface area contributed by atoms with E-state index in [0.717, 1.165) is 32.0 Å². The van der Waals surface area contributed by atoms with E-state index in [1.54, 1.807) is 24.3 Å². The average Bonchev–Trinajstić information content (AvgIpc) is 3.36. The Labute approximate surface area is 219 Å². The van der Waals surface area contributed by atoms with Gasteiger partial charge in [0.05, 0.1) is 27.7 Å². The Balaban J connectivity index is 1.50. The molecule has 1 atom stereocenters. The van der Waals surface area contributed by atoms with Gasteiger partial charge in [-0.05, 0) is 74.5 Å². The second-order valence-electron chi connectivity index (χ2n) is 9.09. The third kappa shape index (κ3) is 5.22. The summed E-state index contributed by atoms with van der Waals surface area (Å²) in [5, 5.41) is 2.58. The van der Waals surface area contributed by atoms with Crippen molar-refractivity contribution >= 4 is 44.6 Å². The summed E-state index contributed by atoms with van der Waals surface area (Å²) in [4.78, 5) is 15.1. The lowest BCUT2D eigenvalue weighted by Crippen LogP contribution is -2.48. The monoisotopic (exact) mass is 544 g/mol. The summed E-state index contributed by atoms with van der Waals surface area (Å²) >= 11 is 6.03. The Morgan fingerprint density at radius 3 is 2.59 bits per heavy atom. The van der Waals surface area contributed by atoms with Crippen molar-refractivity contribution in [2.75, 3.05) is 41.5 Å². The van der Waals surface area contributed by atoms with Crippen molar-refractivity contribution in [1.29, 1.82) is 0 Å². The number of benzene rings is 3. The van der Waals surface area contributed by atoms with E-state index >= 15 is 0 Å². The van der Waals surface area contributed by atoms with Crippen molar-refractivity contribution in [3.05, 3.63) is 77.1 Å². The summed E-state index contributed by atoms with van der Waals surface area (Å²) in [5.41, 5.74) is 6.42. The maximum absolute atomic E-state index is 14.3. The number of carbonyl (C=O) groups excluding carboxylic acids is 1. The highest BCUT2D eigenvalue weighted by molar-refractivity contribution is 7.92. The Morgan fingerprint density at radius 2 is 1.86 bits per heavy atom. The zero-order valence-corrected chi connectivity index (χ0v) is 21.4. The van der Waals surface area contributed by atoms with Crippen LogP contribution in [0.25, 0.3) is 0 Å². The number of hydrogen-bond donors (Lipinski definition) is 2. The summed E-state index contributed by atoms with van der Waals surface area (Å²) in [7, 11) is -4.01. The van der Waals surface area contributed by atoms with Gasteiger partial charge in [-0.25, -0.2) is 12.8 Å². The molecule has 11 heteroatoms. The number of anilines is 3. The van der Waals surface area contributed by atoms with Gasteiger partial charge < -0.3 is 15.8 Å². The number of fused-ring (bicyclic) bond motifs is 1. The molecule has 0 aromatic heterocycles. The summed E-state index contributed by atoms with van der Waals surface area (Å²) in [6.45, 7) is 2.56. The van der Waals surface area contributed by atoms with Gasteiger partial charge in [0, 0.05) is 17.9 Å². The summed E-state index contributed by atoms with van der Waals surface area (Å²) < 4.78 is 49.3. The Hall–Kier alpha value is -3.34. The number of sulfonamides is 1. The molecule has 3 N–H and O–H groups in total. The molecule has 0 spiro atoms. The number of nitrogens with zero attached hydrogens (tertiary/aromatic N) is 2. The van der Waals surface area contributed by atoms with Gasteiger partial charge >= 0.3 is 0 Å². The standard InChI is InChI=1S/C26H26ClFN4O4S/c27-21-7-4-8-22(28)25(21)26(33)30-18-9-10-24-23(14-18)32(16-19(36-24)15-31-11-1-2-12-31)37(34,35)20-6-3-5-17(29)13-20/h3-10,13-14,19H,1-2,11-12,15-16,29H2,(H,30,33)/t19-/m0/s1. The number of ether oxygens (including phenoxy) is 1. The molecular weight excluding hydrogens is 519 g/mol. The van der Waals surface area contributed by atoms with Crippen LogP contribution in [0.2, 0.25) is 5.02 Å². The molecule has 194 valence electrons. The largest absolute Gasteiger partial charge is 0.485 e. The van der Waals surface area contributed by atoms with Gasteiger partial charge in [0.1, 0.15) is 17.7 Å². The normalized spacial score (nSPS) is 17.8. The van der Waals surface area contributed by atoms with Gasteiger partial charge in [-0.15, -0.1) is 0 Å². The minimum Gasteiger partial charge on any atom is -0.485 e. The molecule has 8 nitrogen and oxygen atoms in total. The van der Waals surface area contributed by atoms with E-state index in [0.29, 0.717) is 18.0 Å². The van der Waals surface area contributed by atoms with Gasteiger partial charge in [0.15, 0.2) is 0 Å². The van der Waals surface area contributed by atoms with Crippen LogP contribution in [0.1, 0.15) is 23.2 Å². The number of hydrogen-bond acceptors (Lipinski definition) is 6. The highest BCUT2D eigenvalue weighted by Gasteiger charge is 2.36. The minimum atomic E-state index is -4.01. The van der Waals surface area contributed by atoms with Crippen molar-refractivity contribution < 1.29 is 22.3 Å². The Kier molecular flexibility index (Phi) is 6.98. The summed E-state index contributed by atoms with van der Waals surface area (Å²) in [5.74, 6) is -1.15. The molecule has 3 aromatic rings. The number of rotatable bonds is 6. The molecule has 1 amide bonds. The Bertz CT molecular complexity index is 1430. The zero-order chi connectivity index (χ0) is 26.2. The van der Waals surface area contributed by atoms with E-state index in [1.165, 1.54) is 34.6 Å². The molecule has 2 aliphatic rings. The number of halogens is 2. The molecule has 0 bridgehead atoms. The fraction of sp³-hybridized carbons (Fsp3) is 0.269. The number of nitrogens with two attached hydrogens (primary N) is 1. The first-order valence-electron chi connectivity index (χ1n) is 11.9. The number of carbonyl (C=O) groups is 1. The van der Waals surface area contributed by atoms with Crippen LogP contribution < -0.4 is 20.1 Å². The molecule has 5 rings (SSSR count). The lowest BCUT2D eigenvalue weighted by molar-refractivity contribution is 0.102. The fourth-order valence-corrected chi connectivity index (χ4v) is 6.48. The Morgan fingerprint density at radius 1 is 1.11 bits per heavy atom. The molecule has 0 unspecified atom stereocenters. The minimum absolute atomic E-state index is 0.0329. The van der Waals surface area contributed by atoms with E-state index in [1.807, 2.05) is 0 Å². The molecule has 0 saturated carbocycles. The number of likely N-dealkylation sites (tertiary alicyclic amines) is 1. The first kappa shape index (κ1) is 25.3. The third-order valence-electron chi connectivity index (χ3n) is 6.45. The fourth-order valence-electron chi connectivity index (χ4n) is 4.68. The lowest BCUT2D eigenvalue weighted by atomic mass is 10.1. The molecule has 2 heterocycles. The van der Waals surface area contributed by atoms with Crippen molar-refractivity contribution in [2.45, 2.75) is 23.8 Å². The predicted octanol–water partition coefficient (Wildman–Crippen LogP) is 4.37. The van der Waals surface area contributed by atoms with Crippen molar-refractivity contribution in [3.8, 4) is 5.75 Å². The number of nitrogens with one attached hydrogen (secondary N) is 1. The van der Waals surface area contributed by atoms with E-state index in [4.69, 9.17) is 22.1 Å². The van der Waals surface area contributed by atoms with Gasteiger partial charge in [0.2, 0.25) is 0 Å². The quantitative estimate of drug-likeness (QED) is 0.447. The van der Waals surface area contributed by atoms with Crippen LogP contribution in [0.3, 0.4) is 0 Å². The smallest absolute Gasteiger partial charge is 0.264 e. The topological polar surface area (TPSA) is 105 Å². The average molecular weight is 545 g/mol. The molecule has 0 radical (unpaired) electrons. The predicted molar refractivity (Wildman–Crippen MR) is 141 cm³/mol. The molecule has 0 aliphatic carbocycles. The van der Waals surface area contributed by atoms with E-state index in [2.05, 4.69) is 10.2 Å². The molecule has 1 fully saturated rings. The summed E-state index contributed by atoms with van der Waals surface area (Å²) in [6, 6.07) is 14.7. The maximum Gasteiger partial charge on any atom is 0.264 e. The van der Waals surface area contributed by atoms with E-state index in [-0.39, 0.29) is 39.5 Å². The van der Waals surface area contributed by atoms with Crippen LogP contribution in [0, 0.1) is 5.82 Å². The second kappa shape index (κ2) is 10.2. The van der Waals surface area contributed by atoms with Crippen LogP contribution in [-0.4, -0.2) is 51.5 Å². The van der Waals surface area contributed by atoms with Crippen LogP contribution in [-0.2, 0) is 10.0 Å². The zero-order valence-electron chi connectivity index (χ0n) is 19.9. The van der Waals surface area contributed by atoms with Crippen LogP contribution in [0.15, 0.2) is 65.6 Å². The van der Waals surface area contributed by atoms with Gasteiger partial charge in [-0.3, -0.25) is 14.0 Å². The van der Waals surface area contributed by atoms with Gasteiger partial charge in [-0.2, -0.15) is 0 Å². The van der Waals surface area contributed by atoms with Crippen LogP contribution in [0.5, 0.6) is 5.75 Å². The number of amides is 1. The van der Waals surface area contributed by atoms with Gasteiger partial charge in [0.25, 0.3) is 15.9 Å². The maximum atomic E-state index is 14.3. The molecule has 37 heavy (non-hydrogen) atoms. The van der Waals surface area contributed by atoms with E-state index in [9.17, 15) is 17.6 Å². The SMILES string of the molecule is Nc1cccc(S(=O)(=O)N2C[C@H](CN3CCCC3)Oc3ccc(NC(=O)c4c(F)cccc4Cl)cc32)c1. The molecule has 2 aliphatic heterocycles.